The summed E-state index contributed by atoms with van der Waals surface area (Å²) in [5, 5.41) is 6.77. The fourth-order valence-corrected chi connectivity index (χ4v) is 4.50. The second-order valence-electron chi connectivity index (χ2n) is 7.22. The molecule has 1 spiro atoms. The number of thiazole rings is 1. The van der Waals surface area contributed by atoms with Crippen molar-refractivity contribution < 1.29 is 4.74 Å². The van der Waals surface area contributed by atoms with E-state index in [2.05, 4.69) is 34.7 Å². The number of nitrogens with one attached hydrogen (secondary N) is 1. The van der Waals surface area contributed by atoms with E-state index in [0.717, 1.165) is 17.3 Å². The monoisotopic (exact) mass is 343 g/mol. The Kier molecular flexibility index (Phi) is 4.57. The van der Waals surface area contributed by atoms with Crippen LogP contribution in [0.15, 0.2) is 29.6 Å². The van der Waals surface area contributed by atoms with Gasteiger partial charge in [-0.3, -0.25) is 4.90 Å². The number of aryl methyl sites for hydroxylation is 1. The van der Waals surface area contributed by atoms with Gasteiger partial charge in [0, 0.05) is 25.0 Å². The topological polar surface area (TPSA) is 37.4 Å². The van der Waals surface area contributed by atoms with Gasteiger partial charge in [-0.2, -0.15) is 0 Å². The van der Waals surface area contributed by atoms with E-state index < -0.39 is 0 Å². The molecule has 2 aliphatic rings. The first-order valence-electron chi connectivity index (χ1n) is 8.77. The largest absolute Gasteiger partial charge is 0.486 e. The van der Waals surface area contributed by atoms with E-state index in [1.54, 1.807) is 11.3 Å². The second-order valence-corrected chi connectivity index (χ2v) is 8.16. The Morgan fingerprint density at radius 3 is 2.96 bits per heavy atom. The van der Waals surface area contributed by atoms with Gasteiger partial charge < -0.3 is 10.1 Å². The fourth-order valence-electron chi connectivity index (χ4n) is 3.80. The molecule has 1 atom stereocenters. The molecule has 0 amide bonds. The summed E-state index contributed by atoms with van der Waals surface area (Å²) in [6.07, 6.45) is 2.66. The first-order valence-corrected chi connectivity index (χ1v) is 9.65. The molecular formula is C19H25N3OS. The summed E-state index contributed by atoms with van der Waals surface area (Å²) < 4.78 is 5.83. The van der Waals surface area contributed by atoms with E-state index in [0.29, 0.717) is 12.0 Å². The quantitative estimate of drug-likeness (QED) is 0.904. The third-order valence-electron chi connectivity index (χ3n) is 5.22. The summed E-state index contributed by atoms with van der Waals surface area (Å²) in [6.45, 7) is 8.41. The van der Waals surface area contributed by atoms with Crippen molar-refractivity contribution in [3.63, 3.8) is 0 Å². The average molecular weight is 343 g/mol. The van der Waals surface area contributed by atoms with Crippen molar-refractivity contribution in [1.29, 1.82) is 0 Å². The van der Waals surface area contributed by atoms with E-state index in [1.165, 1.54) is 50.3 Å². The van der Waals surface area contributed by atoms with Crippen molar-refractivity contribution in [3.8, 4) is 5.75 Å². The highest BCUT2D eigenvalue weighted by Gasteiger charge is 2.40. The lowest BCUT2D eigenvalue weighted by molar-refractivity contribution is 0.266. The Balaban J connectivity index is 1.29. The van der Waals surface area contributed by atoms with Gasteiger partial charge in [-0.05, 0) is 50.4 Å². The highest BCUT2D eigenvalue weighted by atomic mass is 32.1. The minimum absolute atomic E-state index is 0.535. The van der Waals surface area contributed by atoms with E-state index in [1.807, 2.05) is 12.1 Å². The maximum Gasteiger partial charge on any atom is 0.140 e. The lowest BCUT2D eigenvalue weighted by Gasteiger charge is -2.22. The number of ether oxygens (including phenoxy) is 1. The summed E-state index contributed by atoms with van der Waals surface area (Å²) in [7, 11) is 0. The molecule has 1 N–H and O–H groups in total. The van der Waals surface area contributed by atoms with Crippen LogP contribution in [0.5, 0.6) is 5.75 Å². The van der Waals surface area contributed by atoms with Crippen molar-refractivity contribution in [2.45, 2.75) is 32.9 Å². The minimum Gasteiger partial charge on any atom is -0.486 e. The molecular weight excluding hydrogens is 318 g/mol. The number of rotatable bonds is 5. The molecule has 2 fully saturated rings. The number of aromatic nitrogens is 1. The number of likely N-dealkylation sites (tertiary alicyclic amines) is 1. The Bertz CT molecular complexity index is 676. The highest BCUT2D eigenvalue weighted by molar-refractivity contribution is 7.09. The van der Waals surface area contributed by atoms with Crippen LogP contribution >= 0.6 is 11.3 Å². The van der Waals surface area contributed by atoms with Crippen LogP contribution in [0.2, 0.25) is 0 Å². The third-order valence-corrected chi connectivity index (χ3v) is 6.09. The Morgan fingerprint density at radius 1 is 1.29 bits per heavy atom. The molecule has 1 unspecified atom stereocenters. The number of hydrogen-bond donors (Lipinski definition) is 1. The third kappa shape index (κ3) is 3.63. The zero-order chi connectivity index (χ0) is 16.4. The molecule has 24 heavy (non-hydrogen) atoms. The van der Waals surface area contributed by atoms with Crippen molar-refractivity contribution in [2.75, 3.05) is 26.2 Å². The van der Waals surface area contributed by atoms with Crippen LogP contribution in [0.1, 0.15) is 29.1 Å². The molecule has 2 saturated heterocycles. The molecule has 4 nitrogen and oxygen atoms in total. The standard InChI is InChI=1S/C19H25N3OS/c1-15-2-4-17(5-3-15)23-11-18-21-16(12-24-18)10-22-9-7-19(14-22)6-8-20-13-19/h2-5,12,20H,6-11,13-14H2,1H3. The summed E-state index contributed by atoms with van der Waals surface area (Å²) in [5.41, 5.74) is 2.97. The van der Waals surface area contributed by atoms with Crippen molar-refractivity contribution in [1.82, 2.24) is 15.2 Å². The van der Waals surface area contributed by atoms with Gasteiger partial charge in [0.1, 0.15) is 17.4 Å². The predicted molar refractivity (Wildman–Crippen MR) is 97.4 cm³/mol. The van der Waals surface area contributed by atoms with Crippen LogP contribution in [-0.2, 0) is 13.2 Å². The van der Waals surface area contributed by atoms with E-state index in [9.17, 15) is 0 Å². The van der Waals surface area contributed by atoms with E-state index >= 15 is 0 Å². The normalized spacial score (nSPS) is 24.0. The molecule has 5 heteroatoms. The van der Waals surface area contributed by atoms with Crippen LogP contribution in [-0.4, -0.2) is 36.1 Å². The number of nitrogens with zero attached hydrogens (tertiary/aromatic N) is 2. The molecule has 0 bridgehead atoms. The van der Waals surface area contributed by atoms with Gasteiger partial charge in [0.05, 0.1) is 5.69 Å². The molecule has 4 rings (SSSR count). The van der Waals surface area contributed by atoms with Crippen LogP contribution in [0.3, 0.4) is 0 Å². The van der Waals surface area contributed by atoms with Crippen molar-refractivity contribution in [2.24, 2.45) is 5.41 Å². The lowest BCUT2D eigenvalue weighted by Crippen LogP contribution is -2.29. The zero-order valence-electron chi connectivity index (χ0n) is 14.3. The maximum absolute atomic E-state index is 5.83. The Hall–Kier alpha value is -1.43. The van der Waals surface area contributed by atoms with Gasteiger partial charge in [-0.15, -0.1) is 11.3 Å². The van der Waals surface area contributed by atoms with Crippen molar-refractivity contribution >= 4 is 11.3 Å². The van der Waals surface area contributed by atoms with Crippen LogP contribution in [0.25, 0.3) is 0 Å². The van der Waals surface area contributed by atoms with Gasteiger partial charge in [-0.1, -0.05) is 17.7 Å². The number of hydrogen-bond acceptors (Lipinski definition) is 5. The van der Waals surface area contributed by atoms with Crippen LogP contribution in [0, 0.1) is 12.3 Å². The van der Waals surface area contributed by atoms with E-state index in [4.69, 9.17) is 9.72 Å². The highest BCUT2D eigenvalue weighted by Crippen LogP contribution is 2.36. The molecule has 1 aromatic heterocycles. The molecule has 0 saturated carbocycles. The van der Waals surface area contributed by atoms with Crippen LogP contribution < -0.4 is 10.1 Å². The van der Waals surface area contributed by atoms with Gasteiger partial charge in [0.2, 0.25) is 0 Å². The minimum atomic E-state index is 0.535. The van der Waals surface area contributed by atoms with Gasteiger partial charge >= 0.3 is 0 Å². The first kappa shape index (κ1) is 16.1. The van der Waals surface area contributed by atoms with Gasteiger partial charge in [0.25, 0.3) is 0 Å². The van der Waals surface area contributed by atoms with Crippen LogP contribution in [0.4, 0.5) is 0 Å². The lowest BCUT2D eigenvalue weighted by atomic mass is 9.87. The Morgan fingerprint density at radius 2 is 2.17 bits per heavy atom. The predicted octanol–water partition coefficient (Wildman–Crippen LogP) is 3.22. The smallest absolute Gasteiger partial charge is 0.140 e. The van der Waals surface area contributed by atoms with Crippen molar-refractivity contribution in [3.05, 3.63) is 45.9 Å². The Labute approximate surface area is 147 Å². The molecule has 2 aliphatic heterocycles. The first-order chi connectivity index (χ1) is 11.7. The molecule has 128 valence electrons. The van der Waals surface area contributed by atoms with Gasteiger partial charge in [0.15, 0.2) is 0 Å². The number of benzene rings is 1. The molecule has 0 aliphatic carbocycles. The molecule has 3 heterocycles. The van der Waals surface area contributed by atoms with E-state index in [-0.39, 0.29) is 0 Å². The molecule has 1 aromatic carbocycles. The molecule has 2 aromatic rings. The maximum atomic E-state index is 5.83. The SMILES string of the molecule is Cc1ccc(OCc2nc(CN3CCC4(CCNC4)C3)cs2)cc1. The molecule has 0 radical (unpaired) electrons. The summed E-state index contributed by atoms with van der Waals surface area (Å²) in [6, 6.07) is 8.18. The zero-order valence-corrected chi connectivity index (χ0v) is 15.1. The summed E-state index contributed by atoms with van der Waals surface area (Å²) in [4.78, 5) is 7.32. The fraction of sp³-hybridized carbons (Fsp3) is 0.526. The summed E-state index contributed by atoms with van der Waals surface area (Å²) >= 11 is 1.70. The van der Waals surface area contributed by atoms with Gasteiger partial charge in [-0.25, -0.2) is 4.98 Å². The second kappa shape index (κ2) is 6.82. The average Bonchev–Trinajstić information content (AvgIpc) is 3.31. The summed E-state index contributed by atoms with van der Waals surface area (Å²) in [5.74, 6) is 0.910.